The van der Waals surface area contributed by atoms with Gasteiger partial charge >= 0.3 is 0 Å². The Labute approximate surface area is 162 Å². The summed E-state index contributed by atoms with van der Waals surface area (Å²) in [5.74, 6) is 1.35. The lowest BCUT2D eigenvalue weighted by molar-refractivity contribution is 0.225. The topological polar surface area (TPSA) is 69.2 Å². The molecule has 3 aromatic rings. The highest BCUT2D eigenvalue weighted by Crippen LogP contribution is 2.39. The summed E-state index contributed by atoms with van der Waals surface area (Å²) in [6.07, 6.45) is 1.52. The van der Waals surface area contributed by atoms with Crippen LogP contribution >= 0.6 is 11.8 Å². The number of ether oxygens (including phenoxy) is 2. The van der Waals surface area contributed by atoms with Crippen LogP contribution in [0.2, 0.25) is 0 Å². The van der Waals surface area contributed by atoms with Crippen molar-refractivity contribution in [2.24, 2.45) is 0 Å². The first kappa shape index (κ1) is 17.6. The van der Waals surface area contributed by atoms with Crippen LogP contribution in [0.5, 0.6) is 11.6 Å². The average molecular weight is 380 g/mol. The number of nitrogens with zero attached hydrogens (tertiary/aromatic N) is 3. The van der Waals surface area contributed by atoms with Gasteiger partial charge in [0.05, 0.1) is 6.61 Å². The van der Waals surface area contributed by atoms with Crippen LogP contribution in [0.15, 0.2) is 47.6 Å². The number of fused-ring (bicyclic) bond motifs is 3. The van der Waals surface area contributed by atoms with E-state index in [1.807, 2.05) is 56.5 Å². The van der Waals surface area contributed by atoms with Crippen LogP contribution in [-0.4, -0.2) is 28.0 Å². The van der Waals surface area contributed by atoms with Crippen molar-refractivity contribution >= 4 is 17.4 Å². The van der Waals surface area contributed by atoms with E-state index in [0.29, 0.717) is 23.3 Å². The maximum atomic E-state index is 6.24. The maximum absolute atomic E-state index is 6.24. The second-order valence-corrected chi connectivity index (χ2v) is 6.87. The van der Waals surface area contributed by atoms with E-state index in [9.17, 15) is 0 Å². The summed E-state index contributed by atoms with van der Waals surface area (Å²) in [5.41, 5.74) is 4.54. The van der Waals surface area contributed by atoms with Crippen molar-refractivity contribution in [2.45, 2.75) is 25.2 Å². The van der Waals surface area contributed by atoms with E-state index in [2.05, 4.69) is 26.6 Å². The normalized spacial score (nSPS) is 15.0. The van der Waals surface area contributed by atoms with Gasteiger partial charge in [0.15, 0.2) is 11.9 Å². The fourth-order valence-corrected chi connectivity index (χ4v) is 3.33. The summed E-state index contributed by atoms with van der Waals surface area (Å²) in [6.45, 7) is 4.65. The minimum atomic E-state index is -0.395. The monoisotopic (exact) mass is 380 g/mol. The first-order valence-corrected chi connectivity index (χ1v) is 9.96. The SMILES string of the molecule is CCOc1ccc(C2Nc3ccccc3-c3nnc(SC)nc3O2)cc1C. The standard InChI is InChI=1S/C20H20N4O2S/c1-4-25-16-10-9-13(11-12(16)2)18-21-15-8-6-5-7-14(15)17-19(26-18)22-20(27-3)24-23-17/h5-11,18,21H,4H2,1-3H3. The molecule has 0 saturated heterocycles. The number of aromatic nitrogens is 3. The molecule has 1 unspecified atom stereocenters. The highest BCUT2D eigenvalue weighted by molar-refractivity contribution is 7.98. The molecule has 2 aromatic carbocycles. The van der Waals surface area contributed by atoms with Crippen molar-refractivity contribution in [3.8, 4) is 22.9 Å². The zero-order valence-electron chi connectivity index (χ0n) is 15.4. The predicted molar refractivity (Wildman–Crippen MR) is 106 cm³/mol. The Kier molecular flexibility index (Phi) is 4.85. The van der Waals surface area contributed by atoms with Crippen LogP contribution in [-0.2, 0) is 0 Å². The van der Waals surface area contributed by atoms with E-state index in [1.165, 1.54) is 11.8 Å². The van der Waals surface area contributed by atoms with E-state index >= 15 is 0 Å². The molecular formula is C20H20N4O2S. The zero-order valence-corrected chi connectivity index (χ0v) is 16.2. The summed E-state index contributed by atoms with van der Waals surface area (Å²) < 4.78 is 11.9. The number of anilines is 1. The number of rotatable bonds is 4. The molecule has 0 amide bonds. The van der Waals surface area contributed by atoms with Crippen LogP contribution in [0, 0.1) is 6.92 Å². The molecule has 1 N–H and O–H groups in total. The van der Waals surface area contributed by atoms with Gasteiger partial charge in [-0.15, -0.1) is 10.2 Å². The van der Waals surface area contributed by atoms with Gasteiger partial charge in [-0.1, -0.05) is 30.0 Å². The Bertz CT molecular complexity index is 980. The largest absolute Gasteiger partial charge is 0.494 e. The van der Waals surface area contributed by atoms with Crippen molar-refractivity contribution in [2.75, 3.05) is 18.2 Å². The van der Waals surface area contributed by atoms with Crippen molar-refractivity contribution in [1.29, 1.82) is 0 Å². The van der Waals surface area contributed by atoms with Crippen LogP contribution in [0.1, 0.15) is 24.3 Å². The van der Waals surface area contributed by atoms with Gasteiger partial charge in [0.2, 0.25) is 11.0 Å². The Morgan fingerprint density at radius 2 is 2.04 bits per heavy atom. The van der Waals surface area contributed by atoms with Gasteiger partial charge in [-0.25, -0.2) is 0 Å². The van der Waals surface area contributed by atoms with Crippen LogP contribution < -0.4 is 14.8 Å². The van der Waals surface area contributed by atoms with E-state index in [0.717, 1.165) is 28.1 Å². The maximum Gasteiger partial charge on any atom is 0.247 e. The summed E-state index contributed by atoms with van der Waals surface area (Å²) in [7, 11) is 0. The molecule has 6 nitrogen and oxygen atoms in total. The molecule has 0 saturated carbocycles. The first-order chi connectivity index (χ1) is 13.2. The number of para-hydroxylation sites is 1. The first-order valence-electron chi connectivity index (χ1n) is 8.74. The van der Waals surface area contributed by atoms with E-state index < -0.39 is 6.23 Å². The minimum absolute atomic E-state index is 0.395. The molecule has 4 rings (SSSR count). The van der Waals surface area contributed by atoms with E-state index in [4.69, 9.17) is 9.47 Å². The smallest absolute Gasteiger partial charge is 0.247 e. The molecule has 0 aliphatic carbocycles. The Balaban J connectivity index is 1.79. The molecule has 0 bridgehead atoms. The molecule has 0 fully saturated rings. The summed E-state index contributed by atoms with van der Waals surface area (Å²) in [5, 5.41) is 12.6. The van der Waals surface area contributed by atoms with Gasteiger partial charge in [0, 0.05) is 16.8 Å². The van der Waals surface area contributed by atoms with Crippen molar-refractivity contribution in [3.63, 3.8) is 0 Å². The van der Waals surface area contributed by atoms with Crippen molar-refractivity contribution in [3.05, 3.63) is 53.6 Å². The van der Waals surface area contributed by atoms with Gasteiger partial charge in [0.25, 0.3) is 0 Å². The van der Waals surface area contributed by atoms with Crippen molar-refractivity contribution < 1.29 is 9.47 Å². The number of thioether (sulfide) groups is 1. The van der Waals surface area contributed by atoms with Gasteiger partial charge in [0.1, 0.15) is 5.75 Å². The molecule has 1 aliphatic heterocycles. The minimum Gasteiger partial charge on any atom is -0.494 e. The molecule has 2 heterocycles. The third-order valence-electron chi connectivity index (χ3n) is 4.32. The third-order valence-corrected chi connectivity index (χ3v) is 4.86. The van der Waals surface area contributed by atoms with Gasteiger partial charge < -0.3 is 14.8 Å². The molecule has 1 atom stereocenters. The number of benzene rings is 2. The molecule has 1 aliphatic rings. The van der Waals surface area contributed by atoms with E-state index in [1.54, 1.807) is 0 Å². The second-order valence-electron chi connectivity index (χ2n) is 6.10. The Morgan fingerprint density at radius 1 is 1.19 bits per heavy atom. The molecular weight excluding hydrogens is 360 g/mol. The lowest BCUT2D eigenvalue weighted by Gasteiger charge is -2.20. The average Bonchev–Trinajstić information content (AvgIpc) is 2.86. The molecule has 0 radical (unpaired) electrons. The van der Waals surface area contributed by atoms with Crippen LogP contribution in [0.3, 0.4) is 0 Å². The lowest BCUT2D eigenvalue weighted by atomic mass is 10.1. The number of nitrogens with one attached hydrogen (secondary N) is 1. The fraction of sp³-hybridized carbons (Fsp3) is 0.250. The molecule has 138 valence electrons. The van der Waals surface area contributed by atoms with Crippen LogP contribution in [0.4, 0.5) is 5.69 Å². The van der Waals surface area contributed by atoms with Crippen LogP contribution in [0.25, 0.3) is 11.3 Å². The third kappa shape index (κ3) is 3.42. The second kappa shape index (κ2) is 7.44. The quantitative estimate of drug-likeness (QED) is 0.670. The molecule has 27 heavy (non-hydrogen) atoms. The molecule has 1 aromatic heterocycles. The highest BCUT2D eigenvalue weighted by Gasteiger charge is 2.26. The van der Waals surface area contributed by atoms with Crippen molar-refractivity contribution in [1.82, 2.24) is 15.2 Å². The predicted octanol–water partition coefficient (Wildman–Crippen LogP) is 4.47. The number of hydrogen-bond donors (Lipinski definition) is 1. The summed E-state index contributed by atoms with van der Waals surface area (Å²) in [4.78, 5) is 4.54. The Morgan fingerprint density at radius 3 is 2.81 bits per heavy atom. The fourth-order valence-electron chi connectivity index (χ4n) is 3.04. The lowest BCUT2D eigenvalue weighted by Crippen LogP contribution is -2.17. The highest BCUT2D eigenvalue weighted by atomic mass is 32.2. The number of hydrogen-bond acceptors (Lipinski definition) is 7. The molecule has 7 heteroatoms. The van der Waals surface area contributed by atoms with Gasteiger partial charge in [-0.3, -0.25) is 0 Å². The molecule has 0 spiro atoms. The zero-order chi connectivity index (χ0) is 18.8. The van der Waals surface area contributed by atoms with Gasteiger partial charge in [-0.05, 0) is 49.9 Å². The van der Waals surface area contributed by atoms with E-state index in [-0.39, 0.29) is 0 Å². The Hall–Kier alpha value is -2.80. The summed E-state index contributed by atoms with van der Waals surface area (Å²) in [6, 6.07) is 14.0. The number of aryl methyl sites for hydroxylation is 1. The van der Waals surface area contributed by atoms with Gasteiger partial charge in [-0.2, -0.15) is 4.98 Å². The summed E-state index contributed by atoms with van der Waals surface area (Å²) >= 11 is 1.43.